The van der Waals surface area contributed by atoms with Crippen LogP contribution >= 0.6 is 11.3 Å². The van der Waals surface area contributed by atoms with Crippen molar-refractivity contribution in [3.63, 3.8) is 0 Å². The van der Waals surface area contributed by atoms with Crippen LogP contribution in [0.5, 0.6) is 0 Å². The first kappa shape index (κ1) is 19.2. The highest BCUT2D eigenvalue weighted by atomic mass is 32.1. The van der Waals surface area contributed by atoms with E-state index < -0.39 is 6.29 Å². The second kappa shape index (κ2) is 9.41. The van der Waals surface area contributed by atoms with Gasteiger partial charge in [0, 0.05) is 24.5 Å². The summed E-state index contributed by atoms with van der Waals surface area (Å²) in [5.41, 5.74) is 2.03. The zero-order valence-corrected chi connectivity index (χ0v) is 16.2. The predicted octanol–water partition coefficient (Wildman–Crippen LogP) is 5.19. The normalized spacial score (nSPS) is 10.9. The fourth-order valence-electron chi connectivity index (χ4n) is 2.58. The number of carbonyl (C=O) groups is 1. The van der Waals surface area contributed by atoms with E-state index in [0.717, 1.165) is 5.69 Å². The summed E-state index contributed by atoms with van der Waals surface area (Å²) < 4.78 is 11.4. The molecule has 0 aliphatic rings. The maximum absolute atomic E-state index is 13.1. The number of aromatic nitrogens is 1. The van der Waals surface area contributed by atoms with E-state index in [0.29, 0.717) is 34.5 Å². The molecule has 0 unspecified atom stereocenters. The molecule has 0 amide bonds. The van der Waals surface area contributed by atoms with Crippen LogP contribution in [-0.2, 0) is 9.47 Å². The summed E-state index contributed by atoms with van der Waals surface area (Å²) in [7, 11) is 0. The third kappa shape index (κ3) is 4.80. The van der Waals surface area contributed by atoms with Crippen LogP contribution in [0.15, 0.2) is 60.7 Å². The molecule has 6 heteroatoms. The molecule has 2 aromatic carbocycles. The average molecular weight is 382 g/mol. The van der Waals surface area contributed by atoms with Gasteiger partial charge in [0.15, 0.2) is 5.13 Å². The van der Waals surface area contributed by atoms with Crippen LogP contribution in [0.3, 0.4) is 0 Å². The summed E-state index contributed by atoms with van der Waals surface area (Å²) in [6.07, 6.45) is -0.676. The van der Waals surface area contributed by atoms with E-state index >= 15 is 0 Å². The quantitative estimate of drug-likeness (QED) is 0.408. The lowest BCUT2D eigenvalue weighted by Crippen LogP contribution is -2.13. The van der Waals surface area contributed by atoms with Crippen molar-refractivity contribution in [3.8, 4) is 0 Å². The first-order valence-electron chi connectivity index (χ1n) is 8.88. The van der Waals surface area contributed by atoms with Gasteiger partial charge in [-0.2, -0.15) is 0 Å². The van der Waals surface area contributed by atoms with Gasteiger partial charge >= 0.3 is 0 Å². The third-order valence-electron chi connectivity index (χ3n) is 3.78. The number of rotatable bonds is 9. The highest BCUT2D eigenvalue weighted by Gasteiger charge is 2.26. The molecule has 3 rings (SSSR count). The summed E-state index contributed by atoms with van der Waals surface area (Å²) in [5.74, 6) is -0.0892. The molecule has 27 heavy (non-hydrogen) atoms. The molecule has 140 valence electrons. The van der Waals surface area contributed by atoms with Crippen molar-refractivity contribution in [1.29, 1.82) is 0 Å². The molecule has 0 fully saturated rings. The Morgan fingerprint density at radius 1 is 1.00 bits per heavy atom. The minimum atomic E-state index is -0.676. The molecule has 0 saturated carbocycles. The standard InChI is InChI=1S/C21H22N2O3S/c1-3-25-20(26-4-2)17-19(18(24)15-11-7-5-8-12-15)27-21(23-17)22-16-13-9-6-10-14-16/h5-14,20H,3-4H2,1-2H3,(H,22,23). The molecule has 0 aliphatic heterocycles. The highest BCUT2D eigenvalue weighted by molar-refractivity contribution is 7.17. The fraction of sp³-hybridized carbons (Fsp3) is 0.238. The smallest absolute Gasteiger partial charge is 0.205 e. The van der Waals surface area contributed by atoms with Gasteiger partial charge < -0.3 is 14.8 Å². The van der Waals surface area contributed by atoms with Gasteiger partial charge in [0.25, 0.3) is 0 Å². The van der Waals surface area contributed by atoms with Crippen molar-refractivity contribution in [1.82, 2.24) is 4.98 Å². The second-order valence-corrected chi connectivity index (χ2v) is 6.66. The van der Waals surface area contributed by atoms with E-state index in [-0.39, 0.29) is 5.78 Å². The Morgan fingerprint density at radius 3 is 2.19 bits per heavy atom. The van der Waals surface area contributed by atoms with E-state index in [9.17, 15) is 4.79 Å². The highest BCUT2D eigenvalue weighted by Crippen LogP contribution is 2.33. The van der Waals surface area contributed by atoms with Crippen molar-refractivity contribution in [3.05, 3.63) is 76.8 Å². The van der Waals surface area contributed by atoms with Crippen LogP contribution in [0.2, 0.25) is 0 Å². The van der Waals surface area contributed by atoms with E-state index in [2.05, 4.69) is 10.3 Å². The Bertz CT molecular complexity index is 860. The van der Waals surface area contributed by atoms with Crippen LogP contribution in [0.4, 0.5) is 10.8 Å². The van der Waals surface area contributed by atoms with E-state index in [1.807, 2.05) is 62.4 Å². The summed E-state index contributed by atoms with van der Waals surface area (Å²) in [5, 5.41) is 3.88. The zero-order chi connectivity index (χ0) is 19.1. The van der Waals surface area contributed by atoms with Gasteiger partial charge in [-0.15, -0.1) is 0 Å². The number of ketones is 1. The Morgan fingerprint density at radius 2 is 1.59 bits per heavy atom. The van der Waals surface area contributed by atoms with Crippen molar-refractivity contribution < 1.29 is 14.3 Å². The topological polar surface area (TPSA) is 60.5 Å². The Labute approximate surface area is 163 Å². The monoisotopic (exact) mass is 382 g/mol. The summed E-state index contributed by atoms with van der Waals surface area (Å²) in [6, 6.07) is 18.9. The molecule has 0 saturated heterocycles. The van der Waals surface area contributed by atoms with E-state index in [1.165, 1.54) is 11.3 Å². The van der Waals surface area contributed by atoms with Gasteiger partial charge in [0.2, 0.25) is 12.1 Å². The number of anilines is 2. The van der Waals surface area contributed by atoms with Gasteiger partial charge in [-0.25, -0.2) is 4.98 Å². The van der Waals surface area contributed by atoms with Crippen molar-refractivity contribution in [2.24, 2.45) is 0 Å². The SMILES string of the molecule is CCOC(OCC)c1nc(Nc2ccccc2)sc1C(=O)c1ccccc1. The molecule has 3 aromatic rings. The minimum Gasteiger partial charge on any atom is -0.347 e. The molecule has 0 bridgehead atoms. The number of ether oxygens (including phenoxy) is 2. The number of benzene rings is 2. The molecule has 1 aromatic heterocycles. The fourth-order valence-corrected chi connectivity index (χ4v) is 3.55. The lowest BCUT2D eigenvalue weighted by atomic mass is 10.1. The molecule has 5 nitrogen and oxygen atoms in total. The molecule has 0 atom stereocenters. The Balaban J connectivity index is 1.99. The Hall–Kier alpha value is -2.54. The maximum Gasteiger partial charge on any atom is 0.205 e. The number of para-hydroxylation sites is 1. The van der Waals surface area contributed by atoms with E-state index in [4.69, 9.17) is 9.47 Å². The van der Waals surface area contributed by atoms with Gasteiger partial charge in [0.05, 0.1) is 0 Å². The number of hydrogen-bond donors (Lipinski definition) is 1. The molecule has 0 spiro atoms. The lowest BCUT2D eigenvalue weighted by Gasteiger charge is -2.16. The molecule has 0 aliphatic carbocycles. The summed E-state index contributed by atoms with van der Waals surface area (Å²) >= 11 is 1.31. The van der Waals surface area contributed by atoms with Gasteiger partial charge in [0.1, 0.15) is 10.6 Å². The van der Waals surface area contributed by atoms with Crippen LogP contribution in [0.25, 0.3) is 0 Å². The second-order valence-electron chi connectivity index (χ2n) is 5.66. The van der Waals surface area contributed by atoms with Crippen molar-refractivity contribution in [2.45, 2.75) is 20.1 Å². The van der Waals surface area contributed by atoms with Gasteiger partial charge in [-0.3, -0.25) is 4.79 Å². The molecular weight excluding hydrogens is 360 g/mol. The number of carbonyl (C=O) groups excluding carboxylic acids is 1. The van der Waals surface area contributed by atoms with Crippen molar-refractivity contribution in [2.75, 3.05) is 18.5 Å². The minimum absolute atomic E-state index is 0.0892. The van der Waals surface area contributed by atoms with Gasteiger partial charge in [-0.05, 0) is 26.0 Å². The van der Waals surface area contributed by atoms with Gasteiger partial charge in [-0.1, -0.05) is 59.9 Å². The third-order valence-corrected chi connectivity index (χ3v) is 4.77. The van der Waals surface area contributed by atoms with Crippen LogP contribution in [0, 0.1) is 0 Å². The average Bonchev–Trinajstić information content (AvgIpc) is 3.12. The maximum atomic E-state index is 13.1. The summed E-state index contributed by atoms with van der Waals surface area (Å²) in [4.78, 5) is 18.2. The number of nitrogens with zero attached hydrogens (tertiary/aromatic N) is 1. The zero-order valence-electron chi connectivity index (χ0n) is 15.3. The number of thiazole rings is 1. The molecule has 1 heterocycles. The first-order valence-corrected chi connectivity index (χ1v) is 9.70. The van der Waals surface area contributed by atoms with E-state index in [1.54, 1.807) is 12.1 Å². The summed E-state index contributed by atoms with van der Waals surface area (Å²) in [6.45, 7) is 4.70. The molecule has 1 N–H and O–H groups in total. The number of hydrogen-bond acceptors (Lipinski definition) is 6. The number of nitrogens with one attached hydrogen (secondary N) is 1. The molecule has 0 radical (unpaired) electrons. The van der Waals surface area contributed by atoms with Crippen LogP contribution in [0.1, 0.15) is 41.1 Å². The molecular formula is C21H22N2O3S. The largest absolute Gasteiger partial charge is 0.347 e. The van der Waals surface area contributed by atoms with Crippen molar-refractivity contribution >= 4 is 27.9 Å². The van der Waals surface area contributed by atoms with Crippen LogP contribution in [-0.4, -0.2) is 24.0 Å². The Kier molecular flexibility index (Phi) is 6.70. The van der Waals surface area contributed by atoms with Crippen LogP contribution < -0.4 is 5.32 Å². The lowest BCUT2D eigenvalue weighted by molar-refractivity contribution is -0.142. The predicted molar refractivity (Wildman–Crippen MR) is 108 cm³/mol. The first-order chi connectivity index (χ1) is 13.2.